The largest absolute Gasteiger partial charge is 0.295 e. The molecular weight excluding hydrogens is 514 g/mol. The Morgan fingerprint density at radius 2 is 1.26 bits per heavy atom. The van der Waals surface area contributed by atoms with E-state index < -0.39 is 0 Å². The van der Waals surface area contributed by atoms with Crippen LogP contribution < -0.4 is 0 Å². The van der Waals surface area contributed by atoms with Gasteiger partial charge >= 0.3 is 0 Å². The van der Waals surface area contributed by atoms with Gasteiger partial charge in [-0.2, -0.15) is 0 Å². The van der Waals surface area contributed by atoms with Crippen molar-refractivity contribution in [3.63, 3.8) is 0 Å². The number of allylic oxidation sites excluding steroid dienone is 2. The van der Waals surface area contributed by atoms with E-state index in [1.807, 2.05) is 61.5 Å². The topological polar surface area (TPSA) is 55.2 Å². The summed E-state index contributed by atoms with van der Waals surface area (Å²) in [5, 5.41) is 4.27. The highest BCUT2D eigenvalue weighted by Gasteiger charge is 2.16. The van der Waals surface area contributed by atoms with Gasteiger partial charge in [0.1, 0.15) is 0 Å². The van der Waals surface area contributed by atoms with Crippen molar-refractivity contribution in [3.8, 4) is 33.6 Å². The van der Waals surface area contributed by atoms with E-state index in [0.717, 1.165) is 54.9 Å². The maximum absolute atomic E-state index is 12.8. The van der Waals surface area contributed by atoms with Crippen LogP contribution in [0.2, 0.25) is 0 Å². The zero-order chi connectivity index (χ0) is 29.1. The SMILES string of the molecule is C=C(N=C/C=C\C)c1ccc(-c2cc(C(C)=O)cc(-c3ccc(-c4ncccn4)c4ccccc34)c2)c2ccccc12. The van der Waals surface area contributed by atoms with Gasteiger partial charge in [0.15, 0.2) is 11.6 Å². The zero-order valence-corrected chi connectivity index (χ0v) is 23.6. The van der Waals surface area contributed by atoms with Crippen LogP contribution in [0, 0.1) is 0 Å². The van der Waals surface area contributed by atoms with E-state index in [9.17, 15) is 4.79 Å². The molecule has 0 amide bonds. The Balaban J connectivity index is 1.55. The van der Waals surface area contributed by atoms with Crippen LogP contribution in [0.25, 0.3) is 60.9 Å². The van der Waals surface area contributed by atoms with Crippen LogP contribution in [0.4, 0.5) is 0 Å². The van der Waals surface area contributed by atoms with Crippen molar-refractivity contribution in [1.82, 2.24) is 9.97 Å². The molecule has 0 aliphatic carbocycles. The van der Waals surface area contributed by atoms with Gasteiger partial charge in [-0.25, -0.2) is 9.97 Å². The Hall–Kier alpha value is -5.48. The Morgan fingerprint density at radius 1 is 0.714 bits per heavy atom. The van der Waals surface area contributed by atoms with Crippen molar-refractivity contribution in [2.45, 2.75) is 13.8 Å². The van der Waals surface area contributed by atoms with Crippen molar-refractivity contribution in [3.05, 3.63) is 139 Å². The molecule has 0 atom stereocenters. The van der Waals surface area contributed by atoms with Gasteiger partial charge < -0.3 is 0 Å². The summed E-state index contributed by atoms with van der Waals surface area (Å²) in [4.78, 5) is 26.3. The first-order valence-corrected chi connectivity index (χ1v) is 13.9. The summed E-state index contributed by atoms with van der Waals surface area (Å²) in [6.45, 7) is 7.78. The molecule has 0 N–H and O–H groups in total. The van der Waals surface area contributed by atoms with Gasteiger partial charge in [0, 0.05) is 35.3 Å². The molecule has 0 aliphatic rings. The number of ketones is 1. The first-order valence-electron chi connectivity index (χ1n) is 13.9. The van der Waals surface area contributed by atoms with Crippen molar-refractivity contribution in [2.24, 2.45) is 4.99 Å². The summed E-state index contributed by atoms with van der Waals surface area (Å²) in [6.07, 6.45) is 9.09. The molecule has 6 rings (SSSR count). The molecule has 0 fully saturated rings. The van der Waals surface area contributed by atoms with Crippen LogP contribution in [0.5, 0.6) is 0 Å². The van der Waals surface area contributed by atoms with E-state index in [-0.39, 0.29) is 5.78 Å². The normalized spacial score (nSPS) is 11.6. The van der Waals surface area contributed by atoms with Crippen molar-refractivity contribution in [1.29, 1.82) is 0 Å². The summed E-state index contributed by atoms with van der Waals surface area (Å²) in [5.41, 5.74) is 7.34. The Labute approximate surface area is 245 Å². The number of rotatable bonds is 7. The predicted molar refractivity (Wildman–Crippen MR) is 176 cm³/mol. The molecule has 0 bridgehead atoms. The van der Waals surface area contributed by atoms with Gasteiger partial charge in [0.2, 0.25) is 0 Å². The number of nitrogens with zero attached hydrogens (tertiary/aromatic N) is 3. The quantitative estimate of drug-likeness (QED) is 0.149. The Kier molecular flexibility index (Phi) is 7.35. The minimum absolute atomic E-state index is 0.0179. The maximum atomic E-state index is 12.8. The molecule has 202 valence electrons. The molecule has 1 aromatic heterocycles. The first-order chi connectivity index (χ1) is 20.5. The standard InChI is InChI=1S/C38H29N3O/c1-4-5-19-39-25(2)30-15-16-31(34-12-7-6-11-33(30)34)28-22-27(26(3)42)23-29(24-28)32-17-18-37(38-40-20-10-21-41-38)36-14-9-8-13-35(32)36/h4-24H,2H2,1,3H3/b5-4-,39-19?. The average Bonchev–Trinajstić information content (AvgIpc) is 3.04. The average molecular weight is 544 g/mol. The van der Waals surface area contributed by atoms with Crippen LogP contribution in [-0.4, -0.2) is 22.0 Å². The number of carbonyl (C=O) groups excluding carboxylic acids is 1. The molecule has 0 radical (unpaired) electrons. The van der Waals surface area contributed by atoms with Crippen molar-refractivity contribution >= 4 is 39.2 Å². The fourth-order valence-corrected chi connectivity index (χ4v) is 5.42. The summed E-state index contributed by atoms with van der Waals surface area (Å²) < 4.78 is 0. The van der Waals surface area contributed by atoms with Gasteiger partial charge in [-0.05, 0) is 94.1 Å². The summed E-state index contributed by atoms with van der Waals surface area (Å²) in [7, 11) is 0. The number of hydrogen-bond donors (Lipinski definition) is 0. The zero-order valence-electron chi connectivity index (χ0n) is 23.6. The van der Waals surface area contributed by atoms with E-state index >= 15 is 0 Å². The smallest absolute Gasteiger partial charge is 0.159 e. The van der Waals surface area contributed by atoms with Crippen LogP contribution in [0.3, 0.4) is 0 Å². The lowest BCUT2D eigenvalue weighted by Gasteiger charge is -2.15. The predicted octanol–water partition coefficient (Wildman–Crippen LogP) is 9.60. The summed E-state index contributed by atoms with van der Waals surface area (Å²) in [6, 6.07) is 32.8. The Morgan fingerprint density at radius 3 is 1.88 bits per heavy atom. The number of hydrogen-bond acceptors (Lipinski definition) is 4. The molecule has 0 unspecified atom stereocenters. The lowest BCUT2D eigenvalue weighted by Crippen LogP contribution is -1.96. The number of carbonyl (C=O) groups is 1. The van der Waals surface area contributed by atoms with E-state index in [1.165, 1.54) is 0 Å². The van der Waals surface area contributed by atoms with Crippen LogP contribution in [0.15, 0.2) is 133 Å². The second kappa shape index (κ2) is 11.6. The molecule has 4 heteroatoms. The summed E-state index contributed by atoms with van der Waals surface area (Å²) >= 11 is 0. The molecule has 1 heterocycles. The fourth-order valence-electron chi connectivity index (χ4n) is 5.42. The molecule has 0 aliphatic heterocycles. The number of aromatic nitrogens is 2. The second-order valence-corrected chi connectivity index (χ2v) is 10.1. The summed E-state index contributed by atoms with van der Waals surface area (Å²) in [5.74, 6) is 0.700. The highest BCUT2D eigenvalue weighted by molar-refractivity contribution is 6.08. The number of benzene rings is 5. The third-order valence-electron chi connectivity index (χ3n) is 7.44. The van der Waals surface area contributed by atoms with Crippen LogP contribution in [-0.2, 0) is 0 Å². The minimum atomic E-state index is 0.0179. The Bertz CT molecular complexity index is 2040. The molecule has 0 spiro atoms. The third-order valence-corrected chi connectivity index (χ3v) is 7.44. The van der Waals surface area contributed by atoms with E-state index in [1.54, 1.807) is 25.5 Å². The molecule has 0 saturated carbocycles. The number of Topliss-reactive ketones (excluding diaryl/α,β-unsaturated/α-hetero) is 1. The van der Waals surface area contributed by atoms with E-state index in [4.69, 9.17) is 0 Å². The monoisotopic (exact) mass is 543 g/mol. The fraction of sp³-hybridized carbons (Fsp3) is 0.0526. The van der Waals surface area contributed by atoms with Crippen molar-refractivity contribution in [2.75, 3.05) is 0 Å². The second-order valence-electron chi connectivity index (χ2n) is 10.1. The van der Waals surface area contributed by atoms with Crippen molar-refractivity contribution < 1.29 is 4.79 Å². The number of aliphatic imine (C=N–C) groups is 1. The highest BCUT2D eigenvalue weighted by Crippen LogP contribution is 2.39. The molecule has 42 heavy (non-hydrogen) atoms. The van der Waals surface area contributed by atoms with E-state index in [0.29, 0.717) is 17.1 Å². The molecule has 6 aromatic rings. The van der Waals surface area contributed by atoms with Crippen LogP contribution in [0.1, 0.15) is 29.8 Å². The van der Waals surface area contributed by atoms with E-state index in [2.05, 4.69) is 76.1 Å². The van der Waals surface area contributed by atoms with Gasteiger partial charge in [0.25, 0.3) is 0 Å². The maximum Gasteiger partial charge on any atom is 0.159 e. The van der Waals surface area contributed by atoms with Gasteiger partial charge in [-0.3, -0.25) is 9.79 Å². The molecule has 4 nitrogen and oxygen atoms in total. The minimum Gasteiger partial charge on any atom is -0.295 e. The third kappa shape index (κ3) is 5.06. The molecule has 0 saturated heterocycles. The van der Waals surface area contributed by atoms with Gasteiger partial charge in [-0.1, -0.05) is 79.4 Å². The van der Waals surface area contributed by atoms with Gasteiger partial charge in [-0.15, -0.1) is 0 Å². The lowest BCUT2D eigenvalue weighted by atomic mass is 9.89. The lowest BCUT2D eigenvalue weighted by molar-refractivity contribution is 0.101. The van der Waals surface area contributed by atoms with Gasteiger partial charge in [0.05, 0.1) is 5.70 Å². The number of fused-ring (bicyclic) bond motifs is 2. The molecule has 5 aromatic carbocycles. The first kappa shape index (κ1) is 26.7. The van der Waals surface area contributed by atoms with Crippen LogP contribution >= 0.6 is 0 Å². The highest BCUT2D eigenvalue weighted by atomic mass is 16.1. The molecular formula is C38H29N3O.